The highest BCUT2D eigenvalue weighted by molar-refractivity contribution is 7.09. The van der Waals surface area contributed by atoms with Crippen molar-refractivity contribution in [1.82, 2.24) is 46.3 Å². The number of nitrogens with one attached hydrogen (secondary N) is 6. The summed E-state index contributed by atoms with van der Waals surface area (Å²) in [6.45, 7) is 18.3. The lowest BCUT2D eigenvalue weighted by atomic mass is 9.89. The zero-order chi connectivity index (χ0) is 66.2. The second-order valence-electron chi connectivity index (χ2n) is 24.0. The fraction of sp³-hybridized carbons (Fsp3) is 0.619. The number of primary amides is 1. The number of rotatable bonds is 35. The second kappa shape index (κ2) is 36.4. The molecule has 1 fully saturated rings. The number of aromatic nitrogens is 1. The van der Waals surface area contributed by atoms with Crippen molar-refractivity contribution in [3.63, 3.8) is 0 Å². The number of nitrogens with two attached hydrogens (primary N) is 2. The highest BCUT2D eigenvalue weighted by atomic mass is 32.1. The number of nitrogens with zero attached hydrogens (tertiary/aromatic N) is 4. The van der Waals surface area contributed by atoms with Gasteiger partial charge in [0.05, 0.1) is 42.7 Å². The van der Waals surface area contributed by atoms with Crippen LogP contribution in [0.3, 0.4) is 0 Å². The number of urea groups is 1. The van der Waals surface area contributed by atoms with Gasteiger partial charge in [0, 0.05) is 58.7 Å². The van der Waals surface area contributed by atoms with Gasteiger partial charge >= 0.3 is 12.1 Å². The number of amides is 10. The number of benzene rings is 2. The summed E-state index contributed by atoms with van der Waals surface area (Å²) in [5.74, 6) is -0.252. The van der Waals surface area contributed by atoms with E-state index in [1.54, 1.807) is 82.1 Å². The van der Waals surface area contributed by atoms with Gasteiger partial charge < -0.3 is 61.6 Å². The van der Waals surface area contributed by atoms with E-state index in [1.165, 1.54) is 30.4 Å². The van der Waals surface area contributed by atoms with Gasteiger partial charge in [0.2, 0.25) is 41.4 Å². The third kappa shape index (κ3) is 21.7. The van der Waals surface area contributed by atoms with Crippen LogP contribution in [0.25, 0.3) is 0 Å². The largest absolute Gasteiger partial charge is 0.445 e. The molecular weight excluding hydrogens is 1160 g/mol. The molecule has 1 saturated heterocycles. The van der Waals surface area contributed by atoms with Crippen molar-refractivity contribution in [3.8, 4) is 0 Å². The first-order valence-electron chi connectivity index (χ1n) is 30.6. The number of methoxy groups -OCH3 is 2. The lowest BCUT2D eigenvalue weighted by Crippen LogP contribution is -2.60. The van der Waals surface area contributed by atoms with Gasteiger partial charge in [0.1, 0.15) is 42.4 Å². The fourth-order valence-corrected chi connectivity index (χ4v) is 12.0. The summed E-state index contributed by atoms with van der Waals surface area (Å²) < 4.78 is 17.9. The van der Waals surface area contributed by atoms with E-state index in [4.69, 9.17) is 25.8 Å². The first-order valence-corrected chi connectivity index (χ1v) is 31.5. The summed E-state index contributed by atoms with van der Waals surface area (Å²) in [7, 11) is 6.17. The maximum absolute atomic E-state index is 14.8. The Morgan fingerprint density at radius 2 is 1.47 bits per heavy atom. The van der Waals surface area contributed by atoms with Gasteiger partial charge in [-0.1, -0.05) is 105 Å². The van der Waals surface area contributed by atoms with Crippen LogP contribution < -0.4 is 43.5 Å². The van der Waals surface area contributed by atoms with Gasteiger partial charge in [-0.25, -0.2) is 20.5 Å². The summed E-state index contributed by atoms with van der Waals surface area (Å²) in [5, 5.41) is 19.3. The van der Waals surface area contributed by atoms with Crippen LogP contribution in [-0.2, 0) is 65.6 Å². The molecule has 0 saturated carbocycles. The van der Waals surface area contributed by atoms with Crippen molar-refractivity contribution in [3.05, 3.63) is 81.8 Å². The molecule has 1 aromatic heterocycles. The predicted octanol–water partition coefficient (Wildman–Crippen LogP) is 5.11. The highest BCUT2D eigenvalue weighted by Crippen LogP contribution is 2.31. The number of carbonyl (C=O) groups excluding carboxylic acids is 9. The molecule has 10 amide bonds. The molecule has 0 spiro atoms. The lowest BCUT2D eigenvalue weighted by Gasteiger charge is -2.41. The van der Waals surface area contributed by atoms with E-state index in [0.717, 1.165) is 16.1 Å². The SMILES string of the molecule is CC[C@H](C)[C@@H]([C@@H](CC(=O)N1CCC[C@H]1[C@H](OC)[C@@H](C)C(=O)N[C@@H](Cc1ccccc1C)c1nccs1)OC)N(C)C(=O)[C@@H](NC(=O)C(C(C)C)N(C)C(=O)OCc1ccc(NC(=O)[C@H](CCCNC(N)=O)NC(=O)C(NC(=O)CON)C(C)C)cc1)C(C)C. The smallest absolute Gasteiger partial charge is 0.410 e. The van der Waals surface area contributed by atoms with E-state index in [2.05, 4.69) is 41.7 Å². The summed E-state index contributed by atoms with van der Waals surface area (Å²) in [6.07, 6.45) is 2.32. The number of carbonyl (C=O) groups is 9. The van der Waals surface area contributed by atoms with Crippen LogP contribution >= 0.6 is 11.3 Å². The molecule has 89 heavy (non-hydrogen) atoms. The Kier molecular flexibility index (Phi) is 30.4. The first kappa shape index (κ1) is 74.2. The molecule has 0 bridgehead atoms. The first-order chi connectivity index (χ1) is 42.2. The molecule has 2 unspecified atom stereocenters. The Morgan fingerprint density at radius 3 is 2.04 bits per heavy atom. The van der Waals surface area contributed by atoms with E-state index in [9.17, 15) is 43.2 Å². The van der Waals surface area contributed by atoms with Gasteiger partial charge in [0.25, 0.3) is 0 Å². The Morgan fingerprint density at radius 1 is 0.798 bits per heavy atom. The number of thiazole rings is 1. The van der Waals surface area contributed by atoms with Crippen molar-refractivity contribution < 1.29 is 62.2 Å². The Labute approximate surface area is 528 Å². The highest BCUT2D eigenvalue weighted by Gasteiger charge is 2.44. The lowest BCUT2D eigenvalue weighted by molar-refractivity contribution is -0.148. The molecule has 1 aliphatic heterocycles. The number of likely N-dealkylation sites (N-methyl/N-ethyl adjacent to an activating group) is 2. The minimum atomic E-state index is -1.10. The molecule has 0 radical (unpaired) electrons. The van der Waals surface area contributed by atoms with Crippen molar-refractivity contribution in [2.75, 3.05) is 53.3 Å². The predicted molar refractivity (Wildman–Crippen MR) is 338 cm³/mol. The number of ether oxygens (including phenoxy) is 3. The molecule has 25 nitrogen and oxygen atoms in total. The van der Waals surface area contributed by atoms with Gasteiger partial charge in [-0.15, -0.1) is 11.3 Å². The molecule has 1 aliphatic rings. The third-order valence-corrected chi connectivity index (χ3v) is 17.4. The number of anilines is 1. The minimum absolute atomic E-state index is 0.0704. The normalized spacial score (nSPS) is 16.6. The zero-order valence-electron chi connectivity index (χ0n) is 54.3. The van der Waals surface area contributed by atoms with Crippen LogP contribution in [-0.4, -0.2) is 170 Å². The van der Waals surface area contributed by atoms with Crippen LogP contribution in [0, 0.1) is 36.5 Å². The molecule has 2 aromatic carbocycles. The molecule has 2 heterocycles. The van der Waals surface area contributed by atoms with Gasteiger partial charge in [-0.05, 0) is 91.5 Å². The minimum Gasteiger partial charge on any atom is -0.445 e. The molecule has 0 aliphatic carbocycles. The molecule has 11 atom stereocenters. The summed E-state index contributed by atoms with van der Waals surface area (Å²) in [5.41, 5.74) is 8.29. The average Bonchev–Trinajstić information content (AvgIpc) is 2.91. The van der Waals surface area contributed by atoms with Crippen LogP contribution in [0.5, 0.6) is 0 Å². The van der Waals surface area contributed by atoms with E-state index in [1.807, 2.05) is 71.2 Å². The zero-order valence-corrected chi connectivity index (χ0v) is 55.1. The van der Waals surface area contributed by atoms with Crippen LogP contribution in [0.2, 0.25) is 0 Å². The Hall–Kier alpha value is -7.26. The van der Waals surface area contributed by atoms with E-state index >= 15 is 0 Å². The standard InChI is InChI=1S/C63H98N12O13S/c1-15-39(8)54(48(85-13)33-50(77)75-30-19-23-47(75)55(86-14)41(10)56(78)70-46(60-66-29-31-89-60)32-43-21-17-16-20-40(43)9)73(11)61(82)52(37(4)5)72-59(81)53(38(6)7)74(12)63(84)87-34-42-24-26-44(27-25-42)68-57(79)45(22-18-28-67-62(64)83)69-58(80)51(36(2)3)71-49(76)35-88-65/h16-17,20-21,24-27,29,31,36-39,41,45-48,51-55H,15,18-19,22-23,28,30,32-35,65H2,1-14H3,(H,68,79)(H,69,80)(H,70,78)(H,71,76)(H,72,81)(H3,64,67,83)/t39-,41+,45-,46-,47-,48+,51?,52-,53?,54-,55+/m0/s1. The van der Waals surface area contributed by atoms with E-state index < -0.39 is 114 Å². The summed E-state index contributed by atoms with van der Waals surface area (Å²) in [6, 6.07) is 8.05. The summed E-state index contributed by atoms with van der Waals surface area (Å²) in [4.78, 5) is 136. The maximum atomic E-state index is 14.8. The number of hydrogen-bond donors (Lipinski definition) is 8. The molecule has 10 N–H and O–H groups in total. The molecular formula is C63H98N12O13S. The summed E-state index contributed by atoms with van der Waals surface area (Å²) >= 11 is 1.48. The monoisotopic (exact) mass is 1260 g/mol. The van der Waals surface area contributed by atoms with Crippen LogP contribution in [0.15, 0.2) is 60.1 Å². The van der Waals surface area contributed by atoms with Crippen molar-refractivity contribution >= 4 is 70.5 Å². The van der Waals surface area contributed by atoms with Gasteiger partial charge in [0.15, 0.2) is 0 Å². The Balaban J connectivity index is 1.42. The number of hydrogen-bond acceptors (Lipinski definition) is 16. The number of likely N-dealkylation sites (tertiary alicyclic amines) is 1. The molecule has 26 heteroatoms. The molecule has 4 rings (SSSR count). The van der Waals surface area contributed by atoms with Crippen molar-refractivity contribution in [1.29, 1.82) is 0 Å². The van der Waals surface area contributed by atoms with Crippen molar-refractivity contribution in [2.45, 2.75) is 175 Å². The third-order valence-electron chi connectivity index (χ3n) is 16.5. The van der Waals surface area contributed by atoms with Gasteiger partial charge in [-0.3, -0.25) is 43.3 Å². The average molecular weight is 1260 g/mol. The van der Waals surface area contributed by atoms with Gasteiger partial charge in [-0.2, -0.15) is 0 Å². The molecule has 3 aromatic rings. The fourth-order valence-electron chi connectivity index (χ4n) is 11.3. The topological polar surface area (TPSA) is 337 Å². The maximum Gasteiger partial charge on any atom is 0.410 e. The second-order valence-corrected chi connectivity index (χ2v) is 24.9. The van der Waals surface area contributed by atoms with Crippen molar-refractivity contribution in [2.24, 2.45) is 41.2 Å². The van der Waals surface area contributed by atoms with E-state index in [-0.39, 0.29) is 62.1 Å². The van der Waals surface area contributed by atoms with E-state index in [0.29, 0.717) is 43.5 Å². The quantitative estimate of drug-likeness (QED) is 0.0280. The van der Waals surface area contributed by atoms with Crippen LogP contribution in [0.1, 0.15) is 129 Å². The molecule has 494 valence electrons. The van der Waals surface area contributed by atoms with Crippen LogP contribution in [0.4, 0.5) is 15.3 Å². The Bertz CT molecular complexity index is 2790. The number of aryl methyl sites for hydroxylation is 1.